The van der Waals surface area contributed by atoms with Crippen LogP contribution in [0.15, 0.2) is 53.7 Å². The van der Waals surface area contributed by atoms with E-state index in [0.717, 1.165) is 6.07 Å². The molecule has 12 heteroatoms. The van der Waals surface area contributed by atoms with Gasteiger partial charge in [0.25, 0.3) is 10.0 Å². The van der Waals surface area contributed by atoms with Gasteiger partial charge in [0.15, 0.2) is 10.8 Å². The number of halogens is 3. The molecule has 0 radical (unpaired) electrons. The Labute approximate surface area is 170 Å². The summed E-state index contributed by atoms with van der Waals surface area (Å²) in [6.07, 6.45) is -3.31. The molecule has 30 heavy (non-hydrogen) atoms. The van der Waals surface area contributed by atoms with E-state index >= 15 is 0 Å². The maximum Gasteiger partial charge on any atom is 0.420 e. The van der Waals surface area contributed by atoms with E-state index < -0.39 is 21.8 Å². The third kappa shape index (κ3) is 3.87. The number of nitrogens with zero attached hydrogens (tertiary/aromatic N) is 5. The fourth-order valence-electron chi connectivity index (χ4n) is 3.24. The van der Waals surface area contributed by atoms with Crippen LogP contribution in [0.3, 0.4) is 0 Å². The van der Waals surface area contributed by atoms with Crippen molar-refractivity contribution in [1.82, 2.24) is 24.7 Å². The summed E-state index contributed by atoms with van der Waals surface area (Å²) in [6, 6.07) is 10.8. The molecule has 3 aromatic rings. The fourth-order valence-corrected chi connectivity index (χ4v) is 4.57. The van der Waals surface area contributed by atoms with Crippen LogP contribution in [0.5, 0.6) is 0 Å². The Bertz CT molecular complexity index is 1110. The van der Waals surface area contributed by atoms with Crippen LogP contribution in [-0.4, -0.2) is 59.3 Å². The molecule has 4 rings (SSSR count). The molecule has 0 amide bonds. The zero-order chi connectivity index (χ0) is 21.4. The van der Waals surface area contributed by atoms with Gasteiger partial charge in [0.05, 0.1) is 11.9 Å². The Balaban J connectivity index is 1.59. The summed E-state index contributed by atoms with van der Waals surface area (Å²) in [5.74, 6) is -0.305. The molecule has 0 bridgehead atoms. The predicted octanol–water partition coefficient (Wildman–Crippen LogP) is 2.40. The first kappa shape index (κ1) is 20.3. The molecule has 0 unspecified atom stereocenters. The van der Waals surface area contributed by atoms with Gasteiger partial charge in [-0.3, -0.25) is 5.10 Å². The second-order valence-electron chi connectivity index (χ2n) is 6.64. The van der Waals surface area contributed by atoms with Crippen LogP contribution in [0.25, 0.3) is 11.3 Å². The first-order chi connectivity index (χ1) is 14.3. The quantitative estimate of drug-likeness (QED) is 0.672. The largest absolute Gasteiger partial charge is 0.420 e. The first-order valence-electron chi connectivity index (χ1n) is 9.01. The third-order valence-electron chi connectivity index (χ3n) is 4.78. The summed E-state index contributed by atoms with van der Waals surface area (Å²) in [6.45, 7) is 0.132. The van der Waals surface area contributed by atoms with Crippen molar-refractivity contribution in [3.05, 3.63) is 54.2 Å². The van der Waals surface area contributed by atoms with Gasteiger partial charge in [-0.05, 0) is 12.1 Å². The van der Waals surface area contributed by atoms with Crippen LogP contribution in [0, 0.1) is 0 Å². The standard InChI is InChI=1S/C18H17F3N6O2S/c19-18(20,21)14-12-15(13-4-2-1-3-5-13)23-25-17(14)26-8-10-27(11-9-26)30(28,29)16-6-7-22-24-16/h1-7,12H,8-11H2,(H,22,24). The van der Waals surface area contributed by atoms with E-state index in [9.17, 15) is 21.6 Å². The minimum atomic E-state index is -4.63. The number of piperazine rings is 1. The molecule has 1 saturated heterocycles. The topological polar surface area (TPSA) is 95.1 Å². The van der Waals surface area contributed by atoms with Crippen molar-refractivity contribution in [2.75, 3.05) is 31.1 Å². The fraction of sp³-hybridized carbons (Fsp3) is 0.278. The first-order valence-corrected chi connectivity index (χ1v) is 10.5. The van der Waals surface area contributed by atoms with Gasteiger partial charge in [-0.1, -0.05) is 30.3 Å². The Morgan fingerprint density at radius 3 is 2.27 bits per heavy atom. The molecule has 8 nitrogen and oxygen atoms in total. The van der Waals surface area contributed by atoms with Gasteiger partial charge in [-0.25, -0.2) is 8.42 Å². The highest BCUT2D eigenvalue weighted by Crippen LogP contribution is 2.37. The number of aromatic nitrogens is 4. The molecule has 1 N–H and O–H groups in total. The lowest BCUT2D eigenvalue weighted by Crippen LogP contribution is -2.49. The van der Waals surface area contributed by atoms with Crippen LogP contribution in [0.4, 0.5) is 19.0 Å². The van der Waals surface area contributed by atoms with E-state index in [2.05, 4.69) is 20.4 Å². The molecule has 158 valence electrons. The number of rotatable bonds is 4. The average Bonchev–Trinajstić information content (AvgIpc) is 3.29. The minimum Gasteiger partial charge on any atom is -0.352 e. The molecule has 0 spiro atoms. The highest BCUT2D eigenvalue weighted by Gasteiger charge is 2.38. The molecule has 1 aliphatic heterocycles. The van der Waals surface area contributed by atoms with Gasteiger partial charge in [0, 0.05) is 31.7 Å². The van der Waals surface area contributed by atoms with Crippen molar-refractivity contribution in [2.45, 2.75) is 11.2 Å². The highest BCUT2D eigenvalue weighted by atomic mass is 32.2. The number of aromatic amines is 1. The van der Waals surface area contributed by atoms with Crippen molar-refractivity contribution >= 4 is 15.8 Å². The van der Waals surface area contributed by atoms with E-state index in [1.54, 1.807) is 30.3 Å². The van der Waals surface area contributed by atoms with E-state index in [1.807, 2.05) is 0 Å². The summed E-state index contributed by atoms with van der Waals surface area (Å²) in [7, 11) is -3.78. The van der Waals surface area contributed by atoms with E-state index in [4.69, 9.17) is 0 Å². The third-order valence-corrected chi connectivity index (χ3v) is 6.61. The Morgan fingerprint density at radius 2 is 1.67 bits per heavy atom. The molecule has 0 aliphatic carbocycles. The number of H-pyrrole nitrogens is 1. The Kier molecular flexibility index (Phi) is 5.20. The molecule has 0 atom stereocenters. The zero-order valence-electron chi connectivity index (χ0n) is 15.5. The molecule has 1 aromatic carbocycles. The lowest BCUT2D eigenvalue weighted by molar-refractivity contribution is -0.137. The SMILES string of the molecule is O=S(=O)(c1ccn[nH]1)N1CCN(c2nnc(-c3ccccc3)cc2C(F)(F)F)CC1. The summed E-state index contributed by atoms with van der Waals surface area (Å²) < 4.78 is 67.5. The van der Waals surface area contributed by atoms with Crippen LogP contribution in [-0.2, 0) is 16.2 Å². The van der Waals surface area contributed by atoms with Crippen LogP contribution in [0.2, 0.25) is 0 Å². The van der Waals surface area contributed by atoms with Crippen LogP contribution in [0.1, 0.15) is 5.56 Å². The molecule has 0 saturated carbocycles. The summed E-state index contributed by atoms with van der Waals surface area (Å²) in [4.78, 5) is 1.41. The number of sulfonamides is 1. The zero-order valence-corrected chi connectivity index (χ0v) is 16.4. The van der Waals surface area contributed by atoms with Gasteiger partial charge in [-0.15, -0.1) is 10.2 Å². The number of hydrogen-bond acceptors (Lipinski definition) is 6. The van der Waals surface area contributed by atoms with Crippen molar-refractivity contribution in [2.24, 2.45) is 0 Å². The molecule has 2 aromatic heterocycles. The van der Waals surface area contributed by atoms with Crippen molar-refractivity contribution < 1.29 is 21.6 Å². The Morgan fingerprint density at radius 1 is 0.967 bits per heavy atom. The molecule has 1 fully saturated rings. The van der Waals surface area contributed by atoms with Crippen molar-refractivity contribution in [1.29, 1.82) is 0 Å². The maximum absolute atomic E-state index is 13.7. The number of benzene rings is 1. The molecular formula is C18H17F3N6O2S. The van der Waals surface area contributed by atoms with Gasteiger partial charge < -0.3 is 4.90 Å². The summed E-state index contributed by atoms with van der Waals surface area (Å²) in [5, 5.41) is 13.8. The second kappa shape index (κ2) is 7.69. The van der Waals surface area contributed by atoms with Crippen LogP contribution < -0.4 is 4.90 Å². The van der Waals surface area contributed by atoms with E-state index in [1.165, 1.54) is 21.5 Å². The number of anilines is 1. The Hall–Kier alpha value is -2.99. The number of alkyl halides is 3. The summed E-state index contributed by atoms with van der Waals surface area (Å²) >= 11 is 0. The van der Waals surface area contributed by atoms with Gasteiger partial charge in [-0.2, -0.15) is 22.6 Å². The monoisotopic (exact) mass is 438 g/mol. The lowest BCUT2D eigenvalue weighted by atomic mass is 10.1. The number of nitrogens with one attached hydrogen (secondary N) is 1. The van der Waals surface area contributed by atoms with Gasteiger partial charge >= 0.3 is 6.18 Å². The van der Waals surface area contributed by atoms with E-state index in [0.29, 0.717) is 5.56 Å². The normalized spacial score (nSPS) is 16.0. The van der Waals surface area contributed by atoms with E-state index in [-0.39, 0.29) is 42.7 Å². The van der Waals surface area contributed by atoms with Gasteiger partial charge in [0.1, 0.15) is 5.56 Å². The minimum absolute atomic E-state index is 0.0146. The molecule has 3 heterocycles. The van der Waals surface area contributed by atoms with Crippen molar-refractivity contribution in [3.8, 4) is 11.3 Å². The number of hydrogen-bond donors (Lipinski definition) is 1. The molecular weight excluding hydrogens is 421 g/mol. The second-order valence-corrected chi connectivity index (χ2v) is 8.55. The van der Waals surface area contributed by atoms with Crippen LogP contribution >= 0.6 is 0 Å². The highest BCUT2D eigenvalue weighted by molar-refractivity contribution is 7.89. The average molecular weight is 438 g/mol. The smallest absolute Gasteiger partial charge is 0.352 e. The lowest BCUT2D eigenvalue weighted by Gasteiger charge is -2.35. The molecule has 1 aliphatic rings. The predicted molar refractivity (Wildman–Crippen MR) is 102 cm³/mol. The van der Waals surface area contributed by atoms with Gasteiger partial charge in [0.2, 0.25) is 0 Å². The summed E-state index contributed by atoms with van der Waals surface area (Å²) in [5.41, 5.74) is -0.258. The van der Waals surface area contributed by atoms with Crippen molar-refractivity contribution in [3.63, 3.8) is 0 Å². The maximum atomic E-state index is 13.7.